The van der Waals surface area contributed by atoms with Crippen LogP contribution in [-0.4, -0.2) is 39.0 Å². The van der Waals surface area contributed by atoms with Crippen LogP contribution in [0.15, 0.2) is 30.7 Å². The molecule has 1 aliphatic heterocycles. The number of aryl methyl sites for hydroxylation is 1. The van der Waals surface area contributed by atoms with Crippen LogP contribution in [0.1, 0.15) is 36.2 Å². The van der Waals surface area contributed by atoms with E-state index in [1.807, 2.05) is 12.3 Å². The monoisotopic (exact) mass is 309 g/mol. The largest absolute Gasteiger partial charge is 0.366 e. The number of aromatic nitrogens is 3. The Kier molecular flexibility index (Phi) is 4.20. The Morgan fingerprint density at radius 2 is 2.13 bits per heavy atom. The van der Waals surface area contributed by atoms with Gasteiger partial charge in [0, 0.05) is 36.6 Å². The summed E-state index contributed by atoms with van der Waals surface area (Å²) in [6.07, 6.45) is 9.43. The SMILES string of the molecule is c1ccc(CN2CCC[C@@H](Nc3ncnc4c3CCC4)C2)nc1. The molecule has 2 aliphatic rings. The molecule has 0 spiro atoms. The van der Waals surface area contributed by atoms with Gasteiger partial charge >= 0.3 is 0 Å². The molecule has 23 heavy (non-hydrogen) atoms. The maximum Gasteiger partial charge on any atom is 0.133 e. The Bertz CT molecular complexity index is 658. The van der Waals surface area contributed by atoms with Crippen LogP contribution in [0.3, 0.4) is 0 Å². The number of anilines is 1. The Hall–Kier alpha value is -2.01. The van der Waals surface area contributed by atoms with E-state index < -0.39 is 0 Å². The molecule has 1 atom stereocenters. The molecular weight excluding hydrogens is 286 g/mol. The molecule has 1 aliphatic carbocycles. The average Bonchev–Trinajstić information content (AvgIpc) is 3.06. The number of hydrogen-bond donors (Lipinski definition) is 1. The number of rotatable bonds is 4. The molecule has 0 saturated carbocycles. The standard InChI is InChI=1S/C18H23N5/c1-2-9-19-14(5-1)11-23-10-4-6-15(12-23)22-18-16-7-3-8-17(16)20-13-21-18/h1-2,5,9,13,15H,3-4,6-8,10-12H2,(H,20,21,22)/t15-/m1/s1. The minimum atomic E-state index is 0.465. The van der Waals surface area contributed by atoms with Gasteiger partial charge in [0.2, 0.25) is 0 Å². The van der Waals surface area contributed by atoms with Crippen molar-refractivity contribution in [2.75, 3.05) is 18.4 Å². The van der Waals surface area contributed by atoms with E-state index in [1.54, 1.807) is 6.33 Å². The maximum atomic E-state index is 4.50. The average molecular weight is 309 g/mol. The normalized spacial score (nSPS) is 21.1. The summed E-state index contributed by atoms with van der Waals surface area (Å²) in [6, 6.07) is 6.60. The Labute approximate surface area is 137 Å². The third-order valence-electron chi connectivity index (χ3n) is 4.83. The summed E-state index contributed by atoms with van der Waals surface area (Å²) in [5, 5.41) is 3.68. The lowest BCUT2D eigenvalue weighted by molar-refractivity contribution is 0.206. The Balaban J connectivity index is 1.41. The molecule has 1 N–H and O–H groups in total. The first-order valence-corrected chi connectivity index (χ1v) is 8.60. The molecule has 120 valence electrons. The molecule has 0 amide bonds. The molecule has 5 nitrogen and oxygen atoms in total. The van der Waals surface area contributed by atoms with E-state index in [-0.39, 0.29) is 0 Å². The van der Waals surface area contributed by atoms with Gasteiger partial charge in [0.05, 0.1) is 5.69 Å². The molecule has 2 aromatic rings. The molecule has 3 heterocycles. The molecule has 0 radical (unpaired) electrons. The second-order valence-electron chi connectivity index (χ2n) is 6.54. The van der Waals surface area contributed by atoms with Crippen molar-refractivity contribution in [1.29, 1.82) is 0 Å². The fraction of sp³-hybridized carbons (Fsp3) is 0.500. The van der Waals surface area contributed by atoms with Gasteiger partial charge in [-0.05, 0) is 50.8 Å². The van der Waals surface area contributed by atoms with E-state index >= 15 is 0 Å². The molecule has 1 saturated heterocycles. The topological polar surface area (TPSA) is 53.9 Å². The molecule has 2 aromatic heterocycles. The number of nitrogens with one attached hydrogen (secondary N) is 1. The summed E-state index contributed by atoms with van der Waals surface area (Å²) >= 11 is 0. The quantitative estimate of drug-likeness (QED) is 0.940. The highest BCUT2D eigenvalue weighted by Gasteiger charge is 2.23. The number of piperidine rings is 1. The molecule has 0 unspecified atom stereocenters. The van der Waals surface area contributed by atoms with Gasteiger partial charge in [-0.15, -0.1) is 0 Å². The van der Waals surface area contributed by atoms with Gasteiger partial charge in [-0.3, -0.25) is 9.88 Å². The van der Waals surface area contributed by atoms with Crippen LogP contribution in [0.5, 0.6) is 0 Å². The maximum absolute atomic E-state index is 4.50. The predicted octanol–water partition coefficient (Wildman–Crippen LogP) is 2.44. The van der Waals surface area contributed by atoms with E-state index in [9.17, 15) is 0 Å². The fourth-order valence-corrected chi connectivity index (χ4v) is 3.71. The third-order valence-corrected chi connectivity index (χ3v) is 4.83. The number of hydrogen-bond acceptors (Lipinski definition) is 5. The molecule has 0 aromatic carbocycles. The van der Waals surface area contributed by atoms with Gasteiger partial charge in [-0.1, -0.05) is 6.07 Å². The highest BCUT2D eigenvalue weighted by molar-refractivity contribution is 5.48. The number of likely N-dealkylation sites (tertiary alicyclic amines) is 1. The zero-order valence-corrected chi connectivity index (χ0v) is 13.4. The molecule has 4 rings (SSSR count). The van der Waals surface area contributed by atoms with Gasteiger partial charge in [0.15, 0.2) is 0 Å². The zero-order valence-electron chi connectivity index (χ0n) is 13.4. The van der Waals surface area contributed by atoms with Crippen LogP contribution in [-0.2, 0) is 19.4 Å². The van der Waals surface area contributed by atoms with Crippen molar-refractivity contribution in [1.82, 2.24) is 19.9 Å². The minimum Gasteiger partial charge on any atom is -0.366 e. The fourth-order valence-electron chi connectivity index (χ4n) is 3.71. The van der Waals surface area contributed by atoms with Crippen LogP contribution in [0.2, 0.25) is 0 Å². The first kappa shape index (κ1) is 14.6. The molecular formula is C18H23N5. The van der Waals surface area contributed by atoms with Crippen LogP contribution < -0.4 is 5.32 Å². The second kappa shape index (κ2) is 6.62. The predicted molar refractivity (Wildman–Crippen MR) is 90.2 cm³/mol. The van der Waals surface area contributed by atoms with Crippen LogP contribution in [0.25, 0.3) is 0 Å². The van der Waals surface area contributed by atoms with Gasteiger partial charge in [-0.25, -0.2) is 9.97 Å². The summed E-state index contributed by atoms with van der Waals surface area (Å²) in [5.74, 6) is 1.07. The van der Waals surface area contributed by atoms with E-state index in [0.29, 0.717) is 6.04 Å². The van der Waals surface area contributed by atoms with Gasteiger partial charge in [0.1, 0.15) is 12.1 Å². The van der Waals surface area contributed by atoms with Crippen molar-refractivity contribution < 1.29 is 0 Å². The van der Waals surface area contributed by atoms with Crippen LogP contribution in [0.4, 0.5) is 5.82 Å². The van der Waals surface area contributed by atoms with Crippen molar-refractivity contribution in [2.45, 2.75) is 44.7 Å². The first-order valence-electron chi connectivity index (χ1n) is 8.60. The number of nitrogens with zero attached hydrogens (tertiary/aromatic N) is 4. The first-order chi connectivity index (χ1) is 11.4. The number of pyridine rings is 1. The van der Waals surface area contributed by atoms with Crippen molar-refractivity contribution in [3.8, 4) is 0 Å². The lowest BCUT2D eigenvalue weighted by atomic mass is 10.0. The van der Waals surface area contributed by atoms with Gasteiger partial charge in [0.25, 0.3) is 0 Å². The lowest BCUT2D eigenvalue weighted by Gasteiger charge is -2.33. The van der Waals surface area contributed by atoms with E-state index in [4.69, 9.17) is 0 Å². The van der Waals surface area contributed by atoms with E-state index in [2.05, 4.69) is 37.3 Å². The van der Waals surface area contributed by atoms with Crippen molar-refractivity contribution in [2.24, 2.45) is 0 Å². The van der Waals surface area contributed by atoms with Crippen molar-refractivity contribution >= 4 is 5.82 Å². The molecule has 1 fully saturated rings. The Morgan fingerprint density at radius 3 is 3.04 bits per heavy atom. The highest BCUT2D eigenvalue weighted by atomic mass is 15.2. The lowest BCUT2D eigenvalue weighted by Crippen LogP contribution is -2.42. The third kappa shape index (κ3) is 3.34. The number of fused-ring (bicyclic) bond motifs is 1. The van der Waals surface area contributed by atoms with Gasteiger partial charge < -0.3 is 5.32 Å². The van der Waals surface area contributed by atoms with Crippen molar-refractivity contribution in [3.63, 3.8) is 0 Å². The Morgan fingerprint density at radius 1 is 1.13 bits per heavy atom. The van der Waals surface area contributed by atoms with Crippen LogP contribution >= 0.6 is 0 Å². The molecule has 5 heteroatoms. The van der Waals surface area contributed by atoms with E-state index in [0.717, 1.165) is 44.0 Å². The summed E-state index contributed by atoms with van der Waals surface area (Å²) in [4.78, 5) is 15.9. The van der Waals surface area contributed by atoms with Crippen LogP contribution in [0, 0.1) is 0 Å². The van der Waals surface area contributed by atoms with Crippen molar-refractivity contribution in [3.05, 3.63) is 47.7 Å². The van der Waals surface area contributed by atoms with Gasteiger partial charge in [-0.2, -0.15) is 0 Å². The minimum absolute atomic E-state index is 0.465. The highest BCUT2D eigenvalue weighted by Crippen LogP contribution is 2.26. The van der Waals surface area contributed by atoms with E-state index in [1.165, 1.54) is 30.5 Å². The summed E-state index contributed by atoms with van der Waals surface area (Å²) in [6.45, 7) is 3.13. The summed E-state index contributed by atoms with van der Waals surface area (Å²) in [7, 11) is 0. The zero-order chi connectivity index (χ0) is 15.5. The summed E-state index contributed by atoms with van der Waals surface area (Å²) in [5.41, 5.74) is 3.73. The smallest absolute Gasteiger partial charge is 0.133 e. The summed E-state index contributed by atoms with van der Waals surface area (Å²) < 4.78 is 0. The second-order valence-corrected chi connectivity index (χ2v) is 6.54. The molecule has 0 bridgehead atoms.